The van der Waals surface area contributed by atoms with Gasteiger partial charge in [0, 0.05) is 7.11 Å². The number of guanidine groups is 1. The van der Waals surface area contributed by atoms with E-state index in [4.69, 9.17) is 17.0 Å². The second-order valence-corrected chi connectivity index (χ2v) is 4.09. The van der Waals surface area contributed by atoms with Crippen LogP contribution in [0.5, 0.6) is 5.75 Å². The van der Waals surface area contributed by atoms with Crippen LogP contribution in [0.1, 0.15) is 17.3 Å². The smallest absolute Gasteiger partial charge is 0.260 e. The maximum atomic E-state index is 11.9. The number of phenols is 1. The van der Waals surface area contributed by atoms with Gasteiger partial charge in [0.25, 0.3) is 5.91 Å². The van der Waals surface area contributed by atoms with Crippen molar-refractivity contribution in [3.8, 4) is 5.75 Å². The van der Waals surface area contributed by atoms with E-state index >= 15 is 0 Å². The maximum Gasteiger partial charge on any atom is 0.260 e. The first-order valence-corrected chi connectivity index (χ1v) is 5.82. The SMILES string of the molecule is [C-]#[N+]c1ccc(O)c(C(=O)NC(N)=N[C@@H](C)COC)c1. The van der Waals surface area contributed by atoms with Crippen LogP contribution in [0.25, 0.3) is 4.85 Å². The first-order valence-electron chi connectivity index (χ1n) is 5.82. The van der Waals surface area contributed by atoms with Crippen molar-refractivity contribution >= 4 is 17.6 Å². The first-order chi connectivity index (χ1) is 9.47. The summed E-state index contributed by atoms with van der Waals surface area (Å²) < 4.78 is 4.89. The number of ether oxygens (including phenoxy) is 1. The van der Waals surface area contributed by atoms with Crippen LogP contribution in [0, 0.1) is 6.57 Å². The van der Waals surface area contributed by atoms with E-state index in [2.05, 4.69) is 15.2 Å². The average Bonchev–Trinajstić information content (AvgIpc) is 2.39. The predicted octanol–water partition coefficient (Wildman–Crippen LogP) is 1.02. The summed E-state index contributed by atoms with van der Waals surface area (Å²) in [5.74, 6) is -0.932. The highest BCUT2D eigenvalue weighted by molar-refractivity contribution is 6.07. The Morgan fingerprint density at radius 3 is 2.95 bits per heavy atom. The summed E-state index contributed by atoms with van der Waals surface area (Å²) in [6, 6.07) is 3.77. The van der Waals surface area contributed by atoms with Gasteiger partial charge in [0.1, 0.15) is 5.75 Å². The van der Waals surface area contributed by atoms with E-state index in [9.17, 15) is 9.90 Å². The monoisotopic (exact) mass is 276 g/mol. The minimum Gasteiger partial charge on any atom is -0.507 e. The normalized spacial score (nSPS) is 12.6. The molecule has 0 heterocycles. The Kier molecular flexibility index (Phi) is 5.50. The number of benzene rings is 1. The van der Waals surface area contributed by atoms with E-state index < -0.39 is 5.91 Å². The molecule has 1 aromatic rings. The van der Waals surface area contributed by atoms with Gasteiger partial charge >= 0.3 is 0 Å². The highest BCUT2D eigenvalue weighted by Crippen LogP contribution is 2.23. The number of rotatable bonds is 4. The molecule has 0 saturated carbocycles. The second-order valence-electron chi connectivity index (χ2n) is 4.09. The van der Waals surface area contributed by atoms with Crippen LogP contribution in [0.3, 0.4) is 0 Å². The van der Waals surface area contributed by atoms with Crippen molar-refractivity contribution in [2.75, 3.05) is 13.7 Å². The van der Waals surface area contributed by atoms with Crippen molar-refractivity contribution in [3.05, 3.63) is 35.2 Å². The third-order valence-corrected chi connectivity index (χ3v) is 2.36. The summed E-state index contributed by atoms with van der Waals surface area (Å²) in [7, 11) is 1.54. The molecule has 4 N–H and O–H groups in total. The quantitative estimate of drug-likeness (QED) is 0.434. The summed E-state index contributed by atoms with van der Waals surface area (Å²) in [4.78, 5) is 19.1. The van der Waals surface area contributed by atoms with Crippen molar-refractivity contribution in [2.45, 2.75) is 13.0 Å². The Hall–Kier alpha value is -2.59. The summed E-state index contributed by atoms with van der Waals surface area (Å²) in [5.41, 5.74) is 5.80. The van der Waals surface area contributed by atoms with Gasteiger partial charge in [0.05, 0.1) is 24.8 Å². The predicted molar refractivity (Wildman–Crippen MR) is 74.8 cm³/mol. The Morgan fingerprint density at radius 1 is 1.65 bits per heavy atom. The zero-order valence-electron chi connectivity index (χ0n) is 11.3. The number of phenolic OH excluding ortho intramolecular Hbond substituents is 1. The Balaban J connectivity index is 2.84. The van der Waals surface area contributed by atoms with Crippen LogP contribution >= 0.6 is 0 Å². The molecule has 0 aliphatic rings. The average molecular weight is 276 g/mol. The number of carbonyl (C=O) groups excluding carboxylic acids is 1. The molecule has 1 atom stereocenters. The van der Waals surface area contributed by atoms with E-state index in [1.807, 2.05) is 0 Å². The molecule has 1 aromatic carbocycles. The molecule has 0 saturated heterocycles. The number of nitrogens with one attached hydrogen (secondary N) is 1. The van der Waals surface area contributed by atoms with Gasteiger partial charge in [-0.05, 0) is 19.1 Å². The molecule has 0 fully saturated rings. The van der Waals surface area contributed by atoms with E-state index in [1.54, 1.807) is 6.92 Å². The number of carbonyl (C=O) groups is 1. The Morgan fingerprint density at radius 2 is 2.35 bits per heavy atom. The fraction of sp³-hybridized carbons (Fsp3) is 0.308. The van der Waals surface area contributed by atoms with E-state index in [-0.39, 0.29) is 29.0 Å². The molecule has 106 valence electrons. The summed E-state index contributed by atoms with van der Waals surface area (Å²) >= 11 is 0. The Labute approximate surface area is 116 Å². The molecule has 1 rings (SSSR count). The Bertz CT molecular complexity index is 563. The first kappa shape index (κ1) is 15.5. The van der Waals surface area contributed by atoms with Gasteiger partial charge in [-0.2, -0.15) is 0 Å². The van der Waals surface area contributed by atoms with Gasteiger partial charge in [0.15, 0.2) is 11.6 Å². The van der Waals surface area contributed by atoms with Crippen LogP contribution in [0.2, 0.25) is 0 Å². The van der Waals surface area contributed by atoms with Crippen LogP contribution in [0.4, 0.5) is 5.69 Å². The standard InChI is InChI=1S/C13H16N4O3/c1-8(7-20-3)16-13(14)17-12(19)10-6-9(15-2)4-5-11(10)18/h4-6,8,18H,7H2,1,3H3,(H3,14,16,17,19)/t8-/m0/s1. The number of hydrogen-bond donors (Lipinski definition) is 3. The number of nitrogens with two attached hydrogens (primary N) is 1. The van der Waals surface area contributed by atoms with E-state index in [1.165, 1.54) is 25.3 Å². The lowest BCUT2D eigenvalue weighted by Crippen LogP contribution is -2.38. The van der Waals surface area contributed by atoms with Crippen LogP contribution < -0.4 is 11.1 Å². The number of methoxy groups -OCH3 is 1. The van der Waals surface area contributed by atoms with Gasteiger partial charge in [-0.3, -0.25) is 10.1 Å². The lowest BCUT2D eigenvalue weighted by molar-refractivity contribution is 0.0973. The highest BCUT2D eigenvalue weighted by atomic mass is 16.5. The van der Waals surface area contributed by atoms with Gasteiger partial charge in [0.2, 0.25) is 0 Å². The van der Waals surface area contributed by atoms with E-state index in [0.717, 1.165) is 0 Å². The molecule has 20 heavy (non-hydrogen) atoms. The van der Waals surface area contributed by atoms with Gasteiger partial charge in [-0.1, -0.05) is 6.07 Å². The highest BCUT2D eigenvalue weighted by Gasteiger charge is 2.13. The third-order valence-electron chi connectivity index (χ3n) is 2.36. The van der Waals surface area contributed by atoms with Gasteiger partial charge in [-0.25, -0.2) is 9.84 Å². The molecule has 0 aliphatic heterocycles. The number of hydrogen-bond acceptors (Lipinski definition) is 4. The molecule has 0 aromatic heterocycles. The molecule has 0 aliphatic carbocycles. The van der Waals surface area contributed by atoms with Crippen LogP contribution in [-0.2, 0) is 4.74 Å². The number of aliphatic imine (C=N–C) groups is 1. The molecule has 1 amide bonds. The van der Waals surface area contributed by atoms with Crippen LogP contribution in [-0.4, -0.2) is 36.7 Å². The van der Waals surface area contributed by atoms with E-state index in [0.29, 0.717) is 6.61 Å². The van der Waals surface area contributed by atoms with Crippen molar-refractivity contribution in [2.24, 2.45) is 10.7 Å². The summed E-state index contributed by atoms with van der Waals surface area (Å²) in [5, 5.41) is 12.0. The molecule has 0 spiro atoms. The minimum absolute atomic E-state index is 0.0314. The van der Waals surface area contributed by atoms with Crippen molar-refractivity contribution < 1.29 is 14.6 Å². The zero-order chi connectivity index (χ0) is 15.1. The van der Waals surface area contributed by atoms with Gasteiger partial charge < -0.3 is 15.6 Å². The number of amides is 1. The van der Waals surface area contributed by atoms with Gasteiger partial charge in [-0.15, -0.1) is 0 Å². The molecule has 7 heteroatoms. The fourth-order valence-corrected chi connectivity index (χ4v) is 1.51. The lowest BCUT2D eigenvalue weighted by atomic mass is 10.1. The number of aromatic hydroxyl groups is 1. The van der Waals surface area contributed by atoms with Crippen molar-refractivity contribution in [3.63, 3.8) is 0 Å². The zero-order valence-corrected chi connectivity index (χ0v) is 11.3. The maximum absolute atomic E-state index is 11.9. The third kappa shape index (κ3) is 4.26. The molecule has 0 radical (unpaired) electrons. The second kappa shape index (κ2) is 7.11. The molecular formula is C13H16N4O3. The lowest BCUT2D eigenvalue weighted by Gasteiger charge is -2.09. The van der Waals surface area contributed by atoms with Crippen molar-refractivity contribution in [1.82, 2.24) is 5.32 Å². The number of nitrogens with zero attached hydrogens (tertiary/aromatic N) is 2. The molecular weight excluding hydrogens is 260 g/mol. The largest absolute Gasteiger partial charge is 0.507 e. The minimum atomic E-state index is -0.626. The topological polar surface area (TPSA) is 101 Å². The fourth-order valence-electron chi connectivity index (χ4n) is 1.51. The molecule has 7 nitrogen and oxygen atoms in total. The summed E-state index contributed by atoms with van der Waals surface area (Å²) in [6.07, 6.45) is 0. The summed E-state index contributed by atoms with van der Waals surface area (Å²) in [6.45, 7) is 9.03. The molecule has 0 unspecified atom stereocenters. The molecule has 0 bridgehead atoms. The van der Waals surface area contributed by atoms with Crippen molar-refractivity contribution in [1.29, 1.82) is 0 Å². The van der Waals surface area contributed by atoms with Crippen LogP contribution in [0.15, 0.2) is 23.2 Å².